The lowest BCUT2D eigenvalue weighted by molar-refractivity contribution is -0.163. The molecule has 2 saturated heterocycles. The fourth-order valence-electron chi connectivity index (χ4n) is 5.14. The summed E-state index contributed by atoms with van der Waals surface area (Å²) in [6.45, 7) is 1.74. The van der Waals surface area contributed by atoms with E-state index in [2.05, 4.69) is 26.1 Å². The van der Waals surface area contributed by atoms with E-state index in [4.69, 9.17) is 0 Å². The van der Waals surface area contributed by atoms with Crippen molar-refractivity contribution in [3.8, 4) is 11.5 Å². The van der Waals surface area contributed by atoms with Crippen molar-refractivity contribution in [3.63, 3.8) is 0 Å². The molecule has 1 aromatic heterocycles. The molecule has 3 atom stereocenters. The molecular formula is C26H26N8O10S3. The second-order valence-electron chi connectivity index (χ2n) is 10.1. The van der Waals surface area contributed by atoms with E-state index in [1.165, 1.54) is 39.6 Å². The summed E-state index contributed by atoms with van der Waals surface area (Å²) in [6, 6.07) is 0.267. The third kappa shape index (κ3) is 6.15. The standard InChI is InChI=1S/C26H26N8O10S3/c1-2-32-5-6-33(20(40)19(32)39)24(44)29-16(12-3-4-14(36)15(37)7-12)18(38)30-26(27-10-35)22(43)34-17(21(41)42)13(8-45-23(26)34)9-46-25-31-28-11-47-25/h3-4,7,10-11,16,23,36-37H,2,5-6,8-9H2,1H3,(H,27,35)(H,29,44)(H,30,38)(H,41,42)/t16?,23-,26-/m1/s1. The number of β-lactam (4-membered cyclic amide) rings is 1. The molecule has 21 heteroatoms. The molecule has 2 aromatic rings. The number of carbonyl (C=O) groups excluding carboxylic acids is 6. The summed E-state index contributed by atoms with van der Waals surface area (Å²) in [5, 5.41) is 43.5. The van der Waals surface area contributed by atoms with Crippen LogP contribution >= 0.6 is 34.9 Å². The van der Waals surface area contributed by atoms with Crippen molar-refractivity contribution in [2.75, 3.05) is 31.1 Å². The number of urea groups is 1. The normalized spacial score (nSPS) is 21.5. The Morgan fingerprint density at radius 3 is 2.57 bits per heavy atom. The van der Waals surface area contributed by atoms with Crippen LogP contribution in [0.2, 0.25) is 0 Å². The molecule has 248 valence electrons. The molecule has 0 radical (unpaired) electrons. The number of piperazine rings is 1. The molecule has 47 heavy (non-hydrogen) atoms. The number of nitrogens with zero attached hydrogens (tertiary/aromatic N) is 5. The maximum absolute atomic E-state index is 13.9. The topological polar surface area (TPSA) is 252 Å². The Hall–Kier alpha value is -4.89. The van der Waals surface area contributed by atoms with Crippen LogP contribution in [0, 0.1) is 0 Å². The van der Waals surface area contributed by atoms with Crippen LogP contribution < -0.4 is 16.0 Å². The highest BCUT2D eigenvalue weighted by Crippen LogP contribution is 2.46. The lowest BCUT2D eigenvalue weighted by Crippen LogP contribution is -2.85. The highest BCUT2D eigenvalue weighted by molar-refractivity contribution is 8.01. The maximum atomic E-state index is 13.9. The molecular weight excluding hydrogens is 681 g/mol. The van der Waals surface area contributed by atoms with Crippen molar-refractivity contribution in [2.24, 2.45) is 0 Å². The number of nitrogens with one attached hydrogen (secondary N) is 3. The van der Waals surface area contributed by atoms with Crippen molar-refractivity contribution < 1.29 is 48.9 Å². The molecule has 0 spiro atoms. The van der Waals surface area contributed by atoms with Gasteiger partial charge in [0, 0.05) is 31.1 Å². The van der Waals surface area contributed by atoms with Gasteiger partial charge in [-0.15, -0.1) is 22.0 Å². The lowest BCUT2D eigenvalue weighted by atomic mass is 9.94. The van der Waals surface area contributed by atoms with Gasteiger partial charge in [-0.25, -0.2) is 9.59 Å². The van der Waals surface area contributed by atoms with Gasteiger partial charge < -0.3 is 36.2 Å². The zero-order valence-corrected chi connectivity index (χ0v) is 26.7. The van der Waals surface area contributed by atoms with Crippen LogP contribution in [0.4, 0.5) is 4.79 Å². The van der Waals surface area contributed by atoms with Crippen molar-refractivity contribution in [3.05, 3.63) is 40.5 Å². The second kappa shape index (κ2) is 13.5. The summed E-state index contributed by atoms with van der Waals surface area (Å²) < 4.78 is 0.584. The fourth-order valence-corrected chi connectivity index (χ4v) is 8.19. The van der Waals surface area contributed by atoms with Gasteiger partial charge in [-0.2, -0.15) is 0 Å². The SMILES string of the molecule is CCN1CCN(C(=O)NC(C(=O)N[C@]2(NC=O)C(=O)N3C(C(=O)O)=C(CSc4nncs4)CS[C@@H]32)c2ccc(O)c(O)c2)C(=O)C1=O. The number of carboxylic acid groups (broad SMARTS) is 1. The number of rotatable bonds is 11. The molecule has 3 aliphatic heterocycles. The first-order valence-corrected chi connectivity index (χ1v) is 16.6. The minimum Gasteiger partial charge on any atom is -0.504 e. The van der Waals surface area contributed by atoms with Crippen molar-refractivity contribution in [1.82, 2.24) is 40.8 Å². The number of fused-ring (bicyclic) bond motifs is 1. The summed E-state index contributed by atoms with van der Waals surface area (Å²) in [5.41, 5.74) is -0.690. The largest absolute Gasteiger partial charge is 0.504 e. The van der Waals surface area contributed by atoms with E-state index >= 15 is 0 Å². The van der Waals surface area contributed by atoms with Gasteiger partial charge >= 0.3 is 23.8 Å². The van der Waals surface area contributed by atoms with E-state index in [-0.39, 0.29) is 48.8 Å². The minimum atomic E-state index is -2.16. The molecule has 0 aliphatic carbocycles. The van der Waals surface area contributed by atoms with Gasteiger partial charge in [-0.3, -0.25) is 33.8 Å². The van der Waals surface area contributed by atoms with Crippen LogP contribution in [0.15, 0.2) is 39.3 Å². The Kier molecular flexibility index (Phi) is 9.58. The molecule has 0 saturated carbocycles. The zero-order chi connectivity index (χ0) is 34.0. The van der Waals surface area contributed by atoms with Crippen LogP contribution in [0.5, 0.6) is 11.5 Å². The van der Waals surface area contributed by atoms with Crippen LogP contribution in [-0.2, 0) is 28.8 Å². The molecule has 4 heterocycles. The van der Waals surface area contributed by atoms with Crippen molar-refractivity contribution in [2.45, 2.75) is 28.3 Å². The summed E-state index contributed by atoms with van der Waals surface area (Å²) in [6.07, 6.45) is 0.151. The Labute approximate surface area is 277 Å². The van der Waals surface area contributed by atoms with Gasteiger partial charge in [0.2, 0.25) is 18.0 Å². The number of aromatic nitrogens is 2. The Bertz CT molecular complexity index is 1690. The number of phenols is 2. The number of thioether (sulfide) groups is 2. The first-order chi connectivity index (χ1) is 22.4. The summed E-state index contributed by atoms with van der Waals surface area (Å²) >= 11 is 3.55. The molecule has 3 aliphatic rings. The van der Waals surface area contributed by atoms with E-state index in [0.717, 1.165) is 28.8 Å². The average Bonchev–Trinajstić information content (AvgIpc) is 3.58. The van der Waals surface area contributed by atoms with Crippen LogP contribution in [0.3, 0.4) is 0 Å². The number of likely N-dealkylation sites (N-methyl/N-ethyl adjacent to an activating group) is 1. The maximum Gasteiger partial charge on any atom is 0.352 e. The Morgan fingerprint density at radius 2 is 1.94 bits per heavy atom. The van der Waals surface area contributed by atoms with Gasteiger partial charge in [-0.05, 0) is 30.2 Å². The highest BCUT2D eigenvalue weighted by atomic mass is 32.2. The fraction of sp³-hybridized carbons (Fsp3) is 0.346. The number of hydrogen-bond donors (Lipinski definition) is 6. The van der Waals surface area contributed by atoms with E-state index in [0.29, 0.717) is 14.8 Å². The third-order valence-corrected chi connectivity index (χ3v) is 10.8. The number of amides is 7. The van der Waals surface area contributed by atoms with Crippen molar-refractivity contribution >= 4 is 76.9 Å². The number of benzene rings is 1. The van der Waals surface area contributed by atoms with Gasteiger partial charge in [0.1, 0.15) is 22.6 Å². The molecule has 0 bridgehead atoms. The Balaban J connectivity index is 1.42. The number of aliphatic carboxylic acids is 1. The molecule has 1 aromatic carbocycles. The average molecular weight is 707 g/mol. The first-order valence-electron chi connectivity index (χ1n) is 13.7. The number of phenolic OH excluding ortho intramolecular Hbond substituents is 2. The predicted molar refractivity (Wildman–Crippen MR) is 163 cm³/mol. The number of hydrogen-bond acceptors (Lipinski definition) is 14. The summed E-state index contributed by atoms with van der Waals surface area (Å²) in [5.74, 6) is -6.51. The van der Waals surface area contributed by atoms with Gasteiger partial charge in [0.25, 0.3) is 5.91 Å². The third-order valence-electron chi connectivity index (χ3n) is 7.47. The number of carbonyl (C=O) groups is 7. The first kappa shape index (κ1) is 33.5. The smallest absolute Gasteiger partial charge is 0.352 e. The summed E-state index contributed by atoms with van der Waals surface area (Å²) in [4.78, 5) is 92.8. The lowest BCUT2D eigenvalue weighted by Gasteiger charge is -2.56. The number of imide groups is 1. The second-order valence-corrected chi connectivity index (χ2v) is 13.2. The number of carboxylic acids is 1. The van der Waals surface area contributed by atoms with Crippen LogP contribution in [-0.4, -0.2) is 124 Å². The molecule has 2 fully saturated rings. The predicted octanol–water partition coefficient (Wildman–Crippen LogP) is -1.00. The minimum absolute atomic E-state index is 0.0433. The molecule has 6 N–H and O–H groups in total. The van der Waals surface area contributed by atoms with Gasteiger partial charge in [-0.1, -0.05) is 29.2 Å². The van der Waals surface area contributed by atoms with E-state index in [1.807, 2.05) is 0 Å². The molecule has 7 amide bonds. The summed E-state index contributed by atoms with van der Waals surface area (Å²) in [7, 11) is 0. The monoisotopic (exact) mass is 706 g/mol. The van der Waals surface area contributed by atoms with Crippen LogP contribution in [0.1, 0.15) is 18.5 Å². The van der Waals surface area contributed by atoms with E-state index < -0.39 is 64.2 Å². The Morgan fingerprint density at radius 1 is 1.17 bits per heavy atom. The molecule has 5 rings (SSSR count). The highest BCUT2D eigenvalue weighted by Gasteiger charge is 2.66. The molecule has 1 unspecified atom stereocenters. The van der Waals surface area contributed by atoms with E-state index in [1.54, 1.807) is 6.92 Å². The quantitative estimate of drug-likeness (QED) is 0.0409. The van der Waals surface area contributed by atoms with Crippen molar-refractivity contribution in [1.29, 1.82) is 0 Å². The van der Waals surface area contributed by atoms with Crippen LogP contribution in [0.25, 0.3) is 0 Å². The van der Waals surface area contributed by atoms with E-state index in [9.17, 15) is 48.9 Å². The zero-order valence-electron chi connectivity index (χ0n) is 24.2. The number of aromatic hydroxyl groups is 2. The molecule has 18 nitrogen and oxygen atoms in total. The van der Waals surface area contributed by atoms with Gasteiger partial charge in [0.05, 0.1) is 0 Å². The van der Waals surface area contributed by atoms with Gasteiger partial charge in [0.15, 0.2) is 15.8 Å².